The van der Waals surface area contributed by atoms with Gasteiger partial charge in [-0.3, -0.25) is 14.4 Å². The molecule has 0 aromatic heterocycles. The van der Waals surface area contributed by atoms with Crippen molar-refractivity contribution >= 4 is 40.3 Å². The van der Waals surface area contributed by atoms with Crippen molar-refractivity contribution in [2.24, 2.45) is 4.99 Å². The molecule has 4 rings (SSSR count). The van der Waals surface area contributed by atoms with Gasteiger partial charge >= 0.3 is 0 Å². The van der Waals surface area contributed by atoms with Gasteiger partial charge in [-0.25, -0.2) is 0 Å². The molecule has 0 bridgehead atoms. The SMILES string of the molecule is CCOc1ccc(CN(C)C(=O)c2ccc(NC(=O)C[C@@H]3SC(N4CCCC4)=NC3=O)cc2)cc1. The average molecular weight is 495 g/mol. The Bertz CT molecular complexity index is 1100. The number of nitrogens with one attached hydrogen (secondary N) is 1. The largest absolute Gasteiger partial charge is 0.494 e. The summed E-state index contributed by atoms with van der Waals surface area (Å²) in [5, 5.41) is 3.07. The van der Waals surface area contributed by atoms with Crippen LogP contribution in [0.25, 0.3) is 0 Å². The van der Waals surface area contributed by atoms with E-state index in [1.165, 1.54) is 11.8 Å². The molecule has 0 unspecified atom stereocenters. The summed E-state index contributed by atoms with van der Waals surface area (Å²) >= 11 is 1.38. The molecule has 1 atom stereocenters. The molecule has 0 saturated carbocycles. The fourth-order valence-corrected chi connectivity index (χ4v) is 5.17. The number of likely N-dealkylation sites (tertiary alicyclic amines) is 1. The van der Waals surface area contributed by atoms with Crippen molar-refractivity contribution < 1.29 is 19.1 Å². The van der Waals surface area contributed by atoms with Gasteiger partial charge in [0, 0.05) is 44.4 Å². The van der Waals surface area contributed by atoms with E-state index < -0.39 is 5.25 Å². The molecular formula is C26H30N4O4S. The summed E-state index contributed by atoms with van der Waals surface area (Å²) in [7, 11) is 1.75. The Hall–Kier alpha value is -3.33. The first kappa shape index (κ1) is 24.8. The van der Waals surface area contributed by atoms with Crippen LogP contribution in [0.1, 0.15) is 42.1 Å². The van der Waals surface area contributed by atoms with Crippen molar-refractivity contribution in [1.29, 1.82) is 0 Å². The first-order valence-corrected chi connectivity index (χ1v) is 12.7. The van der Waals surface area contributed by atoms with Gasteiger partial charge in [-0.1, -0.05) is 23.9 Å². The molecule has 1 saturated heterocycles. The van der Waals surface area contributed by atoms with E-state index in [4.69, 9.17) is 4.74 Å². The Morgan fingerprint density at radius 2 is 1.80 bits per heavy atom. The quantitative estimate of drug-likeness (QED) is 0.601. The second-order valence-electron chi connectivity index (χ2n) is 8.60. The lowest BCUT2D eigenvalue weighted by Crippen LogP contribution is -2.26. The van der Waals surface area contributed by atoms with Crippen LogP contribution < -0.4 is 10.1 Å². The Kier molecular flexibility index (Phi) is 8.07. The summed E-state index contributed by atoms with van der Waals surface area (Å²) < 4.78 is 5.45. The molecule has 2 aliphatic heterocycles. The number of ether oxygens (including phenoxy) is 1. The van der Waals surface area contributed by atoms with Gasteiger partial charge in [-0.05, 0) is 61.7 Å². The number of anilines is 1. The minimum Gasteiger partial charge on any atom is -0.494 e. The van der Waals surface area contributed by atoms with E-state index in [0.29, 0.717) is 24.4 Å². The maximum absolute atomic E-state index is 12.8. The second-order valence-corrected chi connectivity index (χ2v) is 9.77. The minimum atomic E-state index is -0.484. The van der Waals surface area contributed by atoms with Gasteiger partial charge in [0.25, 0.3) is 11.8 Å². The lowest BCUT2D eigenvalue weighted by Gasteiger charge is -2.18. The van der Waals surface area contributed by atoms with E-state index in [-0.39, 0.29) is 24.1 Å². The molecule has 2 aromatic rings. The van der Waals surface area contributed by atoms with E-state index in [1.807, 2.05) is 31.2 Å². The van der Waals surface area contributed by atoms with Gasteiger partial charge < -0.3 is 19.9 Å². The van der Waals surface area contributed by atoms with E-state index in [9.17, 15) is 14.4 Å². The van der Waals surface area contributed by atoms with Crippen LogP contribution in [0.5, 0.6) is 5.75 Å². The number of nitrogens with zero attached hydrogens (tertiary/aromatic N) is 3. The molecule has 184 valence electrons. The highest BCUT2D eigenvalue weighted by atomic mass is 32.2. The van der Waals surface area contributed by atoms with Crippen molar-refractivity contribution in [2.45, 2.75) is 38.0 Å². The minimum absolute atomic E-state index is 0.0653. The predicted octanol–water partition coefficient (Wildman–Crippen LogP) is 3.78. The number of benzene rings is 2. The summed E-state index contributed by atoms with van der Waals surface area (Å²) in [6, 6.07) is 14.5. The smallest absolute Gasteiger partial charge is 0.262 e. The molecule has 2 aromatic carbocycles. The Morgan fingerprint density at radius 3 is 2.46 bits per heavy atom. The van der Waals surface area contributed by atoms with E-state index in [0.717, 1.165) is 42.4 Å². The summed E-state index contributed by atoms with van der Waals surface area (Å²) in [6.45, 7) is 4.85. The third-order valence-electron chi connectivity index (χ3n) is 5.89. The van der Waals surface area contributed by atoms with Crippen molar-refractivity contribution in [3.8, 4) is 5.75 Å². The Labute approximate surface area is 209 Å². The highest BCUT2D eigenvalue weighted by Crippen LogP contribution is 2.29. The number of hydrogen-bond acceptors (Lipinski definition) is 6. The zero-order valence-corrected chi connectivity index (χ0v) is 20.8. The van der Waals surface area contributed by atoms with E-state index in [1.54, 1.807) is 36.2 Å². The van der Waals surface area contributed by atoms with Gasteiger partial charge in [-0.15, -0.1) is 0 Å². The maximum atomic E-state index is 12.8. The number of amidine groups is 1. The summed E-state index contributed by atoms with van der Waals surface area (Å²) in [5.41, 5.74) is 2.11. The standard InChI is InChI=1S/C26H30N4O4S/c1-3-34-21-12-6-18(7-13-21)17-29(2)25(33)19-8-10-20(11-9-19)27-23(31)16-22-24(32)28-26(35-22)30-14-4-5-15-30/h6-13,22H,3-5,14-17H2,1-2H3,(H,27,31)/t22-/m0/s1. The number of carbonyl (C=O) groups is 3. The summed E-state index contributed by atoms with van der Waals surface area (Å²) in [6.07, 6.45) is 2.28. The van der Waals surface area contributed by atoms with Gasteiger partial charge in [0.2, 0.25) is 5.91 Å². The van der Waals surface area contributed by atoms with Crippen molar-refractivity contribution in [2.75, 3.05) is 32.1 Å². The Balaban J connectivity index is 1.26. The maximum Gasteiger partial charge on any atom is 0.262 e. The lowest BCUT2D eigenvalue weighted by molar-refractivity contribution is -0.121. The number of thioether (sulfide) groups is 1. The molecular weight excluding hydrogens is 464 g/mol. The zero-order chi connectivity index (χ0) is 24.8. The van der Waals surface area contributed by atoms with Crippen molar-refractivity contribution in [3.05, 3.63) is 59.7 Å². The fraction of sp³-hybridized carbons (Fsp3) is 0.385. The number of hydrogen-bond donors (Lipinski definition) is 1. The molecule has 1 fully saturated rings. The van der Waals surface area contributed by atoms with Gasteiger partial charge in [0.1, 0.15) is 11.0 Å². The molecule has 0 spiro atoms. The third-order valence-corrected chi connectivity index (χ3v) is 7.11. The lowest BCUT2D eigenvalue weighted by atomic mass is 10.1. The average Bonchev–Trinajstić information content (AvgIpc) is 3.51. The molecule has 9 heteroatoms. The van der Waals surface area contributed by atoms with Crippen LogP contribution in [-0.2, 0) is 16.1 Å². The van der Waals surface area contributed by atoms with Crippen LogP contribution in [-0.4, -0.2) is 64.7 Å². The van der Waals surface area contributed by atoms with Gasteiger partial charge in [0.15, 0.2) is 5.17 Å². The molecule has 0 radical (unpaired) electrons. The van der Waals surface area contributed by atoms with Gasteiger partial charge in [0.05, 0.1) is 6.61 Å². The van der Waals surface area contributed by atoms with Crippen molar-refractivity contribution in [3.63, 3.8) is 0 Å². The first-order chi connectivity index (χ1) is 16.9. The predicted molar refractivity (Wildman–Crippen MR) is 138 cm³/mol. The number of amides is 3. The normalized spacial score (nSPS) is 17.3. The van der Waals surface area contributed by atoms with Gasteiger partial charge in [-0.2, -0.15) is 4.99 Å². The molecule has 2 aliphatic rings. The van der Waals surface area contributed by atoms with Crippen LogP contribution in [0.15, 0.2) is 53.5 Å². The molecule has 0 aliphatic carbocycles. The Morgan fingerprint density at radius 1 is 1.11 bits per heavy atom. The highest BCUT2D eigenvalue weighted by molar-refractivity contribution is 8.15. The monoisotopic (exact) mass is 494 g/mol. The number of carbonyl (C=O) groups excluding carboxylic acids is 3. The van der Waals surface area contributed by atoms with Crippen LogP contribution in [0.4, 0.5) is 5.69 Å². The highest BCUT2D eigenvalue weighted by Gasteiger charge is 2.33. The fourth-order valence-electron chi connectivity index (χ4n) is 4.05. The van der Waals surface area contributed by atoms with Crippen LogP contribution in [0.2, 0.25) is 0 Å². The molecule has 1 N–H and O–H groups in total. The molecule has 3 amide bonds. The van der Waals surface area contributed by atoms with E-state index in [2.05, 4.69) is 15.2 Å². The number of aliphatic imine (C=N–C) groups is 1. The summed E-state index contributed by atoms with van der Waals surface area (Å²) in [4.78, 5) is 45.5. The van der Waals surface area contributed by atoms with E-state index >= 15 is 0 Å². The molecule has 8 nitrogen and oxygen atoms in total. The number of rotatable bonds is 8. The van der Waals surface area contributed by atoms with Crippen molar-refractivity contribution in [1.82, 2.24) is 9.80 Å². The second kappa shape index (κ2) is 11.4. The van der Waals surface area contributed by atoms with Crippen LogP contribution in [0.3, 0.4) is 0 Å². The first-order valence-electron chi connectivity index (χ1n) is 11.8. The summed E-state index contributed by atoms with van der Waals surface area (Å²) in [5.74, 6) is 0.193. The third kappa shape index (κ3) is 6.42. The molecule has 35 heavy (non-hydrogen) atoms. The topological polar surface area (TPSA) is 91.3 Å². The van der Waals surface area contributed by atoms with Crippen LogP contribution in [0, 0.1) is 0 Å². The zero-order valence-electron chi connectivity index (χ0n) is 20.0. The molecule has 2 heterocycles. The van der Waals surface area contributed by atoms with Crippen LogP contribution >= 0.6 is 11.8 Å².